The second-order valence-electron chi connectivity index (χ2n) is 5.04. The van der Waals surface area contributed by atoms with Crippen molar-refractivity contribution in [2.45, 2.75) is 13.3 Å². The zero-order valence-electron chi connectivity index (χ0n) is 13.0. The Morgan fingerprint density at radius 3 is 2.57 bits per heavy atom. The van der Waals surface area contributed by atoms with Crippen LogP contribution in [0, 0.1) is 6.92 Å². The minimum Gasteiger partial charge on any atom is -0.496 e. The Labute approximate surface area is 134 Å². The number of carbonyl (C=O) groups is 3. The summed E-state index contributed by atoms with van der Waals surface area (Å²) in [6, 6.07) is 11.8. The number of aldehydes is 1. The lowest BCUT2D eigenvalue weighted by Gasteiger charge is -2.10. The molecule has 0 radical (unpaired) electrons. The Bertz CT molecular complexity index is 752. The van der Waals surface area contributed by atoms with E-state index in [1.807, 2.05) is 19.1 Å². The van der Waals surface area contributed by atoms with Gasteiger partial charge in [-0.3, -0.25) is 14.4 Å². The third-order valence-electron chi connectivity index (χ3n) is 3.40. The average Bonchev–Trinajstić information content (AvgIpc) is 2.56. The largest absolute Gasteiger partial charge is 0.496 e. The Hall–Kier alpha value is -2.95. The maximum absolute atomic E-state index is 12.3. The Kier molecular flexibility index (Phi) is 5.25. The van der Waals surface area contributed by atoms with E-state index in [2.05, 4.69) is 5.32 Å². The molecule has 0 bridgehead atoms. The fraction of sp³-hybridized carbons (Fsp3) is 0.167. The van der Waals surface area contributed by atoms with E-state index < -0.39 is 11.7 Å². The molecule has 23 heavy (non-hydrogen) atoms. The first-order valence-corrected chi connectivity index (χ1v) is 7.07. The van der Waals surface area contributed by atoms with Crippen LogP contribution in [0.3, 0.4) is 0 Å². The standard InChI is InChI=1S/C18H17NO4/c1-12-5-3-4-6-15(12)19-18(22)10-16(21)14-9-13(11-20)7-8-17(14)23-2/h3-9,11H,10H2,1-2H3,(H,19,22). The summed E-state index contributed by atoms with van der Waals surface area (Å²) in [6.07, 6.45) is 0.316. The Morgan fingerprint density at radius 1 is 1.17 bits per heavy atom. The topological polar surface area (TPSA) is 72.5 Å². The van der Waals surface area contributed by atoms with E-state index in [0.29, 0.717) is 23.3 Å². The molecule has 5 heteroatoms. The maximum Gasteiger partial charge on any atom is 0.232 e. The first-order chi connectivity index (χ1) is 11.0. The van der Waals surface area contributed by atoms with Crippen molar-refractivity contribution in [1.29, 1.82) is 0 Å². The number of anilines is 1. The molecule has 2 aromatic carbocycles. The molecule has 0 aliphatic rings. The summed E-state index contributed by atoms with van der Waals surface area (Å²) < 4.78 is 5.12. The van der Waals surface area contributed by atoms with Crippen LogP contribution in [0.25, 0.3) is 0 Å². The quantitative estimate of drug-likeness (QED) is 0.505. The number of aryl methyl sites for hydroxylation is 1. The zero-order chi connectivity index (χ0) is 16.8. The number of ketones is 1. The van der Waals surface area contributed by atoms with Crippen molar-refractivity contribution < 1.29 is 19.1 Å². The van der Waals surface area contributed by atoms with E-state index in [4.69, 9.17) is 4.74 Å². The normalized spacial score (nSPS) is 10.0. The molecule has 0 aromatic heterocycles. The van der Waals surface area contributed by atoms with E-state index in [1.165, 1.54) is 19.2 Å². The number of ether oxygens (including phenoxy) is 1. The van der Waals surface area contributed by atoms with E-state index in [1.54, 1.807) is 18.2 Å². The van der Waals surface area contributed by atoms with Crippen LogP contribution in [0.2, 0.25) is 0 Å². The first kappa shape index (κ1) is 16.4. The molecule has 0 fully saturated rings. The second-order valence-corrected chi connectivity index (χ2v) is 5.04. The van der Waals surface area contributed by atoms with Gasteiger partial charge in [-0.2, -0.15) is 0 Å². The van der Waals surface area contributed by atoms with Gasteiger partial charge in [-0.25, -0.2) is 0 Å². The number of carbonyl (C=O) groups excluding carboxylic acids is 3. The molecule has 0 saturated heterocycles. The molecule has 0 aliphatic heterocycles. The van der Waals surface area contributed by atoms with E-state index >= 15 is 0 Å². The van der Waals surface area contributed by atoms with Crippen molar-refractivity contribution in [3.05, 3.63) is 59.2 Å². The second kappa shape index (κ2) is 7.35. The zero-order valence-corrected chi connectivity index (χ0v) is 13.0. The minimum absolute atomic E-state index is 0.219. The Morgan fingerprint density at radius 2 is 1.91 bits per heavy atom. The van der Waals surface area contributed by atoms with Crippen LogP contribution in [0.5, 0.6) is 5.75 Å². The fourth-order valence-corrected chi connectivity index (χ4v) is 2.17. The maximum atomic E-state index is 12.3. The molecule has 2 aromatic rings. The molecular formula is C18H17NO4. The van der Waals surface area contributed by atoms with Gasteiger partial charge in [0.25, 0.3) is 0 Å². The first-order valence-electron chi connectivity index (χ1n) is 7.07. The number of amides is 1. The van der Waals surface area contributed by atoms with Gasteiger partial charge in [0, 0.05) is 11.3 Å². The monoisotopic (exact) mass is 311 g/mol. The molecule has 0 saturated carbocycles. The molecule has 0 aliphatic carbocycles. The van der Waals surface area contributed by atoms with Crippen LogP contribution in [0.1, 0.15) is 32.7 Å². The van der Waals surface area contributed by atoms with Crippen LogP contribution in [0.15, 0.2) is 42.5 Å². The van der Waals surface area contributed by atoms with Crippen molar-refractivity contribution in [3.63, 3.8) is 0 Å². The van der Waals surface area contributed by atoms with Gasteiger partial charge >= 0.3 is 0 Å². The minimum atomic E-state index is -0.414. The average molecular weight is 311 g/mol. The number of hydrogen-bond donors (Lipinski definition) is 1. The lowest BCUT2D eigenvalue weighted by atomic mass is 10.0. The number of Topliss-reactive ketones (excluding diaryl/α,β-unsaturated/α-hetero) is 1. The lowest BCUT2D eigenvalue weighted by Crippen LogP contribution is -2.17. The highest BCUT2D eigenvalue weighted by atomic mass is 16.5. The van der Waals surface area contributed by atoms with Crippen LogP contribution in [-0.2, 0) is 4.79 Å². The highest BCUT2D eigenvalue weighted by Gasteiger charge is 2.17. The van der Waals surface area contributed by atoms with Gasteiger partial charge in [-0.15, -0.1) is 0 Å². The summed E-state index contributed by atoms with van der Waals surface area (Å²) in [5.41, 5.74) is 2.15. The molecule has 1 N–H and O–H groups in total. The van der Waals surface area contributed by atoms with Crippen LogP contribution in [-0.4, -0.2) is 25.1 Å². The van der Waals surface area contributed by atoms with Crippen molar-refractivity contribution in [3.8, 4) is 5.75 Å². The van der Waals surface area contributed by atoms with Crippen molar-refractivity contribution >= 4 is 23.7 Å². The predicted octanol–water partition coefficient (Wildman–Crippen LogP) is 3.03. The van der Waals surface area contributed by atoms with Crippen molar-refractivity contribution in [2.24, 2.45) is 0 Å². The summed E-state index contributed by atoms with van der Waals surface area (Å²) in [7, 11) is 1.43. The summed E-state index contributed by atoms with van der Waals surface area (Å²) in [5, 5.41) is 2.71. The van der Waals surface area contributed by atoms with E-state index in [9.17, 15) is 14.4 Å². The summed E-state index contributed by atoms with van der Waals surface area (Å²) in [4.78, 5) is 35.2. The molecule has 1 amide bonds. The Balaban J connectivity index is 2.14. The van der Waals surface area contributed by atoms with Gasteiger partial charge in [0.15, 0.2) is 5.78 Å². The number of para-hydroxylation sites is 1. The summed E-state index contributed by atoms with van der Waals surface area (Å²) in [6.45, 7) is 1.87. The molecule has 0 atom stereocenters. The van der Waals surface area contributed by atoms with Gasteiger partial charge in [-0.05, 0) is 36.8 Å². The number of hydrogen-bond acceptors (Lipinski definition) is 4. The molecule has 0 unspecified atom stereocenters. The number of rotatable bonds is 6. The highest BCUT2D eigenvalue weighted by molar-refractivity contribution is 6.12. The SMILES string of the molecule is COc1ccc(C=O)cc1C(=O)CC(=O)Nc1ccccc1C. The molecular weight excluding hydrogens is 294 g/mol. The lowest BCUT2D eigenvalue weighted by molar-refractivity contribution is -0.115. The molecule has 118 valence electrons. The van der Waals surface area contributed by atoms with Crippen LogP contribution in [0.4, 0.5) is 5.69 Å². The number of benzene rings is 2. The van der Waals surface area contributed by atoms with Crippen molar-refractivity contribution in [2.75, 3.05) is 12.4 Å². The van der Waals surface area contributed by atoms with Gasteiger partial charge in [-0.1, -0.05) is 18.2 Å². The van der Waals surface area contributed by atoms with Crippen LogP contribution < -0.4 is 10.1 Å². The van der Waals surface area contributed by atoms with E-state index in [0.717, 1.165) is 5.56 Å². The third kappa shape index (κ3) is 4.03. The summed E-state index contributed by atoms with van der Waals surface area (Å²) in [5.74, 6) is -0.483. The number of methoxy groups -OCH3 is 1. The van der Waals surface area contributed by atoms with Gasteiger partial charge in [0.2, 0.25) is 5.91 Å². The van der Waals surface area contributed by atoms with E-state index in [-0.39, 0.29) is 12.0 Å². The highest BCUT2D eigenvalue weighted by Crippen LogP contribution is 2.21. The van der Waals surface area contributed by atoms with Gasteiger partial charge < -0.3 is 10.1 Å². The molecule has 2 rings (SSSR count). The molecule has 5 nitrogen and oxygen atoms in total. The fourth-order valence-electron chi connectivity index (χ4n) is 2.17. The predicted molar refractivity (Wildman–Crippen MR) is 87.1 cm³/mol. The van der Waals surface area contributed by atoms with Gasteiger partial charge in [0.05, 0.1) is 19.1 Å². The molecule has 0 spiro atoms. The smallest absolute Gasteiger partial charge is 0.232 e. The van der Waals surface area contributed by atoms with Crippen LogP contribution >= 0.6 is 0 Å². The van der Waals surface area contributed by atoms with Gasteiger partial charge in [0.1, 0.15) is 12.0 Å². The number of nitrogens with one attached hydrogen (secondary N) is 1. The summed E-state index contributed by atoms with van der Waals surface area (Å²) >= 11 is 0. The molecule has 0 heterocycles. The third-order valence-corrected chi connectivity index (χ3v) is 3.40. The van der Waals surface area contributed by atoms with Crippen molar-refractivity contribution in [1.82, 2.24) is 0 Å².